The number of hydrogen-bond donors (Lipinski definition) is 1. The monoisotopic (exact) mass is 577 g/mol. The van der Waals surface area contributed by atoms with Crippen molar-refractivity contribution >= 4 is 17.7 Å². The fourth-order valence-electron chi connectivity index (χ4n) is 8.18. The van der Waals surface area contributed by atoms with Crippen LogP contribution in [0.15, 0.2) is 54.6 Å². The maximum absolute atomic E-state index is 14.7. The zero-order valence-electron chi connectivity index (χ0n) is 26.0. The molecule has 228 valence electrons. The molecule has 1 N–H and O–H groups in total. The summed E-state index contributed by atoms with van der Waals surface area (Å²) in [5, 5.41) is 9.71. The second-order valence-electron chi connectivity index (χ2n) is 14.2. The highest BCUT2D eigenvalue weighted by molar-refractivity contribution is 6.00. The number of likely N-dealkylation sites (tertiary alicyclic amines) is 1. The predicted octanol–water partition coefficient (Wildman–Crippen LogP) is 3.94. The van der Waals surface area contributed by atoms with Gasteiger partial charge in [0.1, 0.15) is 11.6 Å². The van der Waals surface area contributed by atoms with Gasteiger partial charge in [-0.2, -0.15) is 0 Å². The highest BCUT2D eigenvalue weighted by Crippen LogP contribution is 2.59. The second-order valence-corrected chi connectivity index (χ2v) is 14.2. The van der Waals surface area contributed by atoms with E-state index < -0.39 is 34.6 Å². The molecule has 4 heterocycles. The van der Waals surface area contributed by atoms with Gasteiger partial charge < -0.3 is 24.5 Å². The Balaban J connectivity index is 1.60. The highest BCUT2D eigenvalue weighted by atomic mass is 16.5. The molecule has 0 radical (unpaired) electrons. The standard InChI is InChI=1S/C34H47N3O5/c1-7-33-16-11-18-35(22-24-14-9-8-10-15-24)28(39)25(33)26-29(40)36(19-13-21-38)27-30(41)37(20-12-17-34(26,27)42-33)32(5,6)23-31(2,3)4/h8-12,14-17,25-27,38H,7,13,18-23H2,1-6H3/t25-,26+,27?,33+,34+/m1/s1. The Morgan fingerprint density at radius 1 is 0.929 bits per heavy atom. The molecule has 0 aliphatic carbocycles. The van der Waals surface area contributed by atoms with Gasteiger partial charge in [0.2, 0.25) is 17.7 Å². The Kier molecular flexibility index (Phi) is 7.94. The molecule has 1 aromatic rings. The van der Waals surface area contributed by atoms with Crippen LogP contribution >= 0.6 is 0 Å². The SMILES string of the molecule is CC[C@]12C=CCN(Cc3ccccc3)C(=O)[C@H]1[C@H]1C(=O)N(CCCO)C3C(=O)N(C(C)(C)CC(C)(C)C)CC=C[C@@]31O2. The fourth-order valence-corrected chi connectivity index (χ4v) is 8.18. The van der Waals surface area contributed by atoms with Crippen molar-refractivity contribution in [3.05, 3.63) is 60.2 Å². The largest absolute Gasteiger partial charge is 0.396 e. The number of amides is 3. The molecule has 0 aromatic heterocycles. The van der Waals surface area contributed by atoms with Gasteiger partial charge in [0.15, 0.2) is 0 Å². The molecule has 4 aliphatic heterocycles. The number of rotatable bonds is 8. The number of nitrogens with zero attached hydrogens (tertiary/aromatic N) is 3. The van der Waals surface area contributed by atoms with Gasteiger partial charge in [-0.25, -0.2) is 0 Å². The van der Waals surface area contributed by atoms with Crippen molar-refractivity contribution in [1.82, 2.24) is 14.7 Å². The van der Waals surface area contributed by atoms with E-state index in [4.69, 9.17) is 4.74 Å². The van der Waals surface area contributed by atoms with Crippen LogP contribution in [0.3, 0.4) is 0 Å². The van der Waals surface area contributed by atoms with E-state index in [1.54, 1.807) is 9.80 Å². The number of carbonyl (C=O) groups is 3. The van der Waals surface area contributed by atoms with Gasteiger partial charge in [-0.15, -0.1) is 0 Å². The van der Waals surface area contributed by atoms with E-state index >= 15 is 0 Å². The van der Waals surface area contributed by atoms with Crippen molar-refractivity contribution in [1.29, 1.82) is 0 Å². The van der Waals surface area contributed by atoms with Crippen LogP contribution in [0.1, 0.15) is 66.4 Å². The maximum Gasteiger partial charge on any atom is 0.249 e. The molecule has 4 aliphatic rings. The molecule has 1 aromatic carbocycles. The number of benzene rings is 1. The number of hydrogen-bond acceptors (Lipinski definition) is 5. The fraction of sp³-hybridized carbons (Fsp3) is 0.618. The summed E-state index contributed by atoms with van der Waals surface area (Å²) in [6.45, 7) is 14.0. The van der Waals surface area contributed by atoms with Crippen LogP contribution in [0, 0.1) is 17.3 Å². The van der Waals surface area contributed by atoms with E-state index in [-0.39, 0.29) is 36.3 Å². The van der Waals surface area contributed by atoms with Crippen molar-refractivity contribution < 1.29 is 24.2 Å². The van der Waals surface area contributed by atoms with Gasteiger partial charge in [-0.3, -0.25) is 14.4 Å². The second kappa shape index (κ2) is 10.9. The van der Waals surface area contributed by atoms with Crippen LogP contribution in [-0.2, 0) is 25.7 Å². The summed E-state index contributed by atoms with van der Waals surface area (Å²) in [5.74, 6) is -2.15. The zero-order valence-corrected chi connectivity index (χ0v) is 26.0. The predicted molar refractivity (Wildman–Crippen MR) is 161 cm³/mol. The van der Waals surface area contributed by atoms with Crippen molar-refractivity contribution in [2.75, 3.05) is 26.2 Å². The Morgan fingerprint density at radius 3 is 2.26 bits per heavy atom. The molecule has 1 unspecified atom stereocenters. The van der Waals surface area contributed by atoms with Crippen LogP contribution in [-0.4, -0.2) is 86.6 Å². The third-order valence-electron chi connectivity index (χ3n) is 9.49. The summed E-state index contributed by atoms with van der Waals surface area (Å²) in [4.78, 5) is 49.0. The molecule has 2 fully saturated rings. The molecule has 0 bridgehead atoms. The van der Waals surface area contributed by atoms with E-state index in [9.17, 15) is 19.5 Å². The molecule has 5 rings (SSSR count). The Hall–Kier alpha value is -2.97. The lowest BCUT2D eigenvalue weighted by Crippen LogP contribution is -2.60. The lowest BCUT2D eigenvalue weighted by atomic mass is 9.72. The molecule has 5 atom stereocenters. The number of carbonyl (C=O) groups excluding carboxylic acids is 3. The summed E-state index contributed by atoms with van der Waals surface area (Å²) < 4.78 is 7.07. The lowest BCUT2D eigenvalue weighted by molar-refractivity contribution is -0.157. The van der Waals surface area contributed by atoms with Crippen LogP contribution in [0.5, 0.6) is 0 Å². The average molecular weight is 578 g/mol. The summed E-state index contributed by atoms with van der Waals surface area (Å²) in [5.41, 5.74) is -1.79. The first kappa shape index (κ1) is 30.5. The molecule has 3 amide bonds. The van der Waals surface area contributed by atoms with Gasteiger partial charge in [0.05, 0.1) is 17.4 Å². The first-order valence-electron chi connectivity index (χ1n) is 15.4. The Morgan fingerprint density at radius 2 is 1.62 bits per heavy atom. The Bertz CT molecular complexity index is 1270. The minimum absolute atomic E-state index is 0.0230. The minimum Gasteiger partial charge on any atom is -0.396 e. The van der Waals surface area contributed by atoms with E-state index in [1.165, 1.54) is 0 Å². The average Bonchev–Trinajstić information content (AvgIpc) is 3.20. The molecule has 8 heteroatoms. The summed E-state index contributed by atoms with van der Waals surface area (Å²) in [6, 6.07) is 8.93. The van der Waals surface area contributed by atoms with Gasteiger partial charge >= 0.3 is 0 Å². The maximum atomic E-state index is 14.7. The number of ether oxygens (including phenoxy) is 1. The van der Waals surface area contributed by atoms with Crippen molar-refractivity contribution in [3.63, 3.8) is 0 Å². The first-order valence-corrected chi connectivity index (χ1v) is 15.4. The zero-order chi connectivity index (χ0) is 30.5. The molecular weight excluding hydrogens is 530 g/mol. The van der Waals surface area contributed by atoms with Crippen LogP contribution in [0.4, 0.5) is 0 Å². The lowest BCUT2D eigenvalue weighted by Gasteiger charge is -2.45. The highest BCUT2D eigenvalue weighted by Gasteiger charge is 2.75. The quantitative estimate of drug-likeness (QED) is 0.473. The van der Waals surface area contributed by atoms with Crippen LogP contribution < -0.4 is 0 Å². The smallest absolute Gasteiger partial charge is 0.249 e. The first-order chi connectivity index (χ1) is 19.8. The van der Waals surface area contributed by atoms with E-state index in [1.807, 2.05) is 66.5 Å². The third kappa shape index (κ3) is 5.00. The number of aliphatic hydroxyl groups excluding tert-OH is 1. The van der Waals surface area contributed by atoms with Crippen molar-refractivity contribution in [3.8, 4) is 0 Å². The summed E-state index contributed by atoms with van der Waals surface area (Å²) >= 11 is 0. The van der Waals surface area contributed by atoms with E-state index in [2.05, 4.69) is 34.6 Å². The topological polar surface area (TPSA) is 90.4 Å². The van der Waals surface area contributed by atoms with Crippen molar-refractivity contribution in [2.45, 2.75) is 90.1 Å². The molecular formula is C34H47N3O5. The number of aliphatic hydroxyl groups is 1. The number of fused-ring (bicyclic) bond motifs is 2. The molecule has 42 heavy (non-hydrogen) atoms. The molecule has 1 spiro atoms. The van der Waals surface area contributed by atoms with Crippen LogP contribution in [0.2, 0.25) is 0 Å². The molecule has 0 saturated carbocycles. The molecule has 2 saturated heterocycles. The normalized spacial score (nSPS) is 31.3. The van der Waals surface area contributed by atoms with Gasteiger partial charge in [0.25, 0.3) is 0 Å². The molecule has 8 nitrogen and oxygen atoms in total. The minimum atomic E-state index is -1.29. The van der Waals surface area contributed by atoms with Gasteiger partial charge in [0, 0.05) is 38.3 Å². The Labute approximate surface area is 250 Å². The van der Waals surface area contributed by atoms with Crippen LogP contribution in [0.25, 0.3) is 0 Å². The van der Waals surface area contributed by atoms with Crippen molar-refractivity contribution in [2.24, 2.45) is 17.3 Å². The summed E-state index contributed by atoms with van der Waals surface area (Å²) in [7, 11) is 0. The van der Waals surface area contributed by atoms with Gasteiger partial charge in [-0.1, -0.05) is 82.3 Å². The third-order valence-corrected chi connectivity index (χ3v) is 9.49. The summed E-state index contributed by atoms with van der Waals surface area (Å²) in [6.07, 6.45) is 9.43. The van der Waals surface area contributed by atoms with Gasteiger partial charge in [-0.05, 0) is 44.1 Å². The van der Waals surface area contributed by atoms with E-state index in [0.717, 1.165) is 12.0 Å². The van der Waals surface area contributed by atoms with E-state index in [0.29, 0.717) is 32.5 Å².